The van der Waals surface area contributed by atoms with Gasteiger partial charge >= 0.3 is 0 Å². The molecule has 0 heterocycles. The fourth-order valence-electron chi connectivity index (χ4n) is 2.25. The molecule has 1 N–H and O–H groups in total. The molecule has 0 aliphatic heterocycles. The fraction of sp³-hybridized carbons (Fsp3) is 0.294. The smallest absolute Gasteiger partial charge is 0.128 e. The van der Waals surface area contributed by atoms with Crippen LogP contribution in [0.4, 0.5) is 4.39 Å². The number of benzene rings is 2. The van der Waals surface area contributed by atoms with Crippen LogP contribution in [0.15, 0.2) is 36.4 Å². The number of hydrogen-bond donors (Lipinski definition) is 1. The van der Waals surface area contributed by atoms with E-state index in [2.05, 4.69) is 12.2 Å². The highest BCUT2D eigenvalue weighted by atomic mass is 35.5. The first kappa shape index (κ1) is 16.3. The second kappa shape index (κ2) is 7.26. The molecule has 0 fully saturated rings. The standard InChI is InChI=1S/C17H18Cl2FN/c1-3-8-21-17(12-5-7-14(18)15(19)10-12)13-6-4-11(2)9-16(13)20/h4-7,9-10,17,21H,3,8H2,1-2H3. The van der Waals surface area contributed by atoms with Crippen LogP contribution in [0.1, 0.15) is 36.1 Å². The summed E-state index contributed by atoms with van der Waals surface area (Å²) in [5.41, 5.74) is 2.42. The summed E-state index contributed by atoms with van der Waals surface area (Å²) in [6.45, 7) is 4.74. The lowest BCUT2D eigenvalue weighted by molar-refractivity contribution is 0.546. The highest BCUT2D eigenvalue weighted by Gasteiger charge is 2.18. The third kappa shape index (κ3) is 3.97. The van der Waals surface area contributed by atoms with E-state index in [1.807, 2.05) is 25.1 Å². The van der Waals surface area contributed by atoms with Crippen LogP contribution in [0.3, 0.4) is 0 Å². The molecule has 0 amide bonds. The zero-order valence-electron chi connectivity index (χ0n) is 12.1. The first-order valence-corrected chi connectivity index (χ1v) is 7.73. The highest BCUT2D eigenvalue weighted by Crippen LogP contribution is 2.30. The average molecular weight is 326 g/mol. The molecule has 2 aromatic rings. The van der Waals surface area contributed by atoms with E-state index in [1.165, 1.54) is 0 Å². The zero-order chi connectivity index (χ0) is 15.4. The summed E-state index contributed by atoms with van der Waals surface area (Å²) in [4.78, 5) is 0. The van der Waals surface area contributed by atoms with Crippen molar-refractivity contribution in [3.8, 4) is 0 Å². The zero-order valence-corrected chi connectivity index (χ0v) is 13.6. The van der Waals surface area contributed by atoms with E-state index in [0.29, 0.717) is 15.6 Å². The largest absolute Gasteiger partial charge is 0.306 e. The highest BCUT2D eigenvalue weighted by molar-refractivity contribution is 6.42. The summed E-state index contributed by atoms with van der Waals surface area (Å²) < 4.78 is 14.3. The molecule has 0 aliphatic carbocycles. The molecular weight excluding hydrogens is 308 g/mol. The maximum absolute atomic E-state index is 14.3. The maximum atomic E-state index is 14.3. The third-order valence-corrected chi connectivity index (χ3v) is 4.08. The Kier molecular flexibility index (Phi) is 5.63. The quantitative estimate of drug-likeness (QED) is 0.762. The van der Waals surface area contributed by atoms with Crippen molar-refractivity contribution in [1.29, 1.82) is 0 Å². The fourth-order valence-corrected chi connectivity index (χ4v) is 2.56. The van der Waals surface area contributed by atoms with Gasteiger partial charge in [-0.15, -0.1) is 0 Å². The molecule has 2 rings (SSSR count). The van der Waals surface area contributed by atoms with E-state index in [-0.39, 0.29) is 11.9 Å². The van der Waals surface area contributed by atoms with Gasteiger partial charge in [0.1, 0.15) is 5.82 Å². The molecule has 0 saturated carbocycles. The van der Waals surface area contributed by atoms with Gasteiger partial charge in [-0.25, -0.2) is 4.39 Å². The molecule has 1 nitrogen and oxygen atoms in total. The molecule has 0 bridgehead atoms. The third-order valence-electron chi connectivity index (χ3n) is 3.34. The van der Waals surface area contributed by atoms with Gasteiger partial charge in [-0.3, -0.25) is 0 Å². The molecule has 2 aromatic carbocycles. The van der Waals surface area contributed by atoms with Crippen LogP contribution in [0.5, 0.6) is 0 Å². The SMILES string of the molecule is CCCNC(c1ccc(Cl)c(Cl)c1)c1ccc(C)cc1F. The molecule has 1 unspecified atom stereocenters. The van der Waals surface area contributed by atoms with Gasteiger partial charge in [-0.05, 0) is 49.2 Å². The minimum Gasteiger partial charge on any atom is -0.306 e. The summed E-state index contributed by atoms with van der Waals surface area (Å²) in [6, 6.07) is 10.5. The molecule has 0 saturated heterocycles. The summed E-state index contributed by atoms with van der Waals surface area (Å²) in [7, 11) is 0. The van der Waals surface area contributed by atoms with Crippen molar-refractivity contribution in [3.63, 3.8) is 0 Å². The predicted molar refractivity (Wildman–Crippen MR) is 87.7 cm³/mol. The monoisotopic (exact) mass is 325 g/mol. The van der Waals surface area contributed by atoms with E-state index in [9.17, 15) is 4.39 Å². The van der Waals surface area contributed by atoms with Gasteiger partial charge in [-0.1, -0.05) is 48.3 Å². The Hall–Kier alpha value is -1.09. The van der Waals surface area contributed by atoms with Crippen molar-refractivity contribution >= 4 is 23.2 Å². The number of halogens is 3. The molecule has 112 valence electrons. The Morgan fingerprint density at radius 1 is 1.10 bits per heavy atom. The Labute approximate surface area is 135 Å². The van der Waals surface area contributed by atoms with E-state index in [4.69, 9.17) is 23.2 Å². The van der Waals surface area contributed by atoms with Gasteiger partial charge in [0.15, 0.2) is 0 Å². The molecule has 0 radical (unpaired) electrons. The van der Waals surface area contributed by atoms with Crippen molar-refractivity contribution in [1.82, 2.24) is 5.32 Å². The van der Waals surface area contributed by atoms with Crippen LogP contribution in [0, 0.1) is 12.7 Å². The van der Waals surface area contributed by atoms with Crippen LogP contribution in [0.2, 0.25) is 10.0 Å². The summed E-state index contributed by atoms with van der Waals surface area (Å²) >= 11 is 12.1. The Morgan fingerprint density at radius 2 is 1.86 bits per heavy atom. The molecule has 0 aromatic heterocycles. The summed E-state index contributed by atoms with van der Waals surface area (Å²) in [5, 5.41) is 4.34. The van der Waals surface area contributed by atoms with Gasteiger partial charge in [-0.2, -0.15) is 0 Å². The van der Waals surface area contributed by atoms with Crippen LogP contribution in [0.25, 0.3) is 0 Å². The Balaban J connectivity index is 2.44. The van der Waals surface area contributed by atoms with Gasteiger partial charge in [0.25, 0.3) is 0 Å². The Bertz CT molecular complexity index is 628. The van der Waals surface area contributed by atoms with Crippen molar-refractivity contribution in [3.05, 3.63) is 69.0 Å². The lowest BCUT2D eigenvalue weighted by atomic mass is 9.97. The first-order valence-electron chi connectivity index (χ1n) is 6.97. The summed E-state index contributed by atoms with van der Waals surface area (Å²) in [6.07, 6.45) is 0.964. The van der Waals surface area contributed by atoms with E-state index in [0.717, 1.165) is 24.1 Å². The second-order valence-electron chi connectivity index (χ2n) is 5.09. The molecule has 0 spiro atoms. The maximum Gasteiger partial charge on any atom is 0.128 e. The minimum atomic E-state index is -0.236. The molecule has 0 aliphatic rings. The number of aryl methyl sites for hydroxylation is 1. The molecular formula is C17H18Cl2FN. The van der Waals surface area contributed by atoms with Crippen LogP contribution in [-0.2, 0) is 0 Å². The number of rotatable bonds is 5. The number of nitrogens with one attached hydrogen (secondary N) is 1. The van der Waals surface area contributed by atoms with Crippen LogP contribution in [-0.4, -0.2) is 6.54 Å². The second-order valence-corrected chi connectivity index (χ2v) is 5.90. The van der Waals surface area contributed by atoms with Crippen molar-refractivity contribution < 1.29 is 4.39 Å². The van der Waals surface area contributed by atoms with Gasteiger partial charge in [0.2, 0.25) is 0 Å². The topological polar surface area (TPSA) is 12.0 Å². The van der Waals surface area contributed by atoms with Crippen molar-refractivity contribution in [2.45, 2.75) is 26.3 Å². The van der Waals surface area contributed by atoms with Crippen LogP contribution < -0.4 is 5.32 Å². The number of hydrogen-bond acceptors (Lipinski definition) is 1. The lowest BCUT2D eigenvalue weighted by Crippen LogP contribution is -2.24. The van der Waals surface area contributed by atoms with E-state index >= 15 is 0 Å². The Morgan fingerprint density at radius 3 is 2.48 bits per heavy atom. The lowest BCUT2D eigenvalue weighted by Gasteiger charge is -2.21. The molecule has 4 heteroatoms. The predicted octanol–water partition coefficient (Wildman–Crippen LogP) is 5.53. The van der Waals surface area contributed by atoms with Crippen molar-refractivity contribution in [2.75, 3.05) is 6.54 Å². The van der Waals surface area contributed by atoms with Crippen LogP contribution >= 0.6 is 23.2 Å². The van der Waals surface area contributed by atoms with Gasteiger partial charge in [0.05, 0.1) is 16.1 Å². The summed E-state index contributed by atoms with van der Waals surface area (Å²) in [5.74, 6) is -0.213. The molecule has 1 atom stereocenters. The van der Waals surface area contributed by atoms with Crippen molar-refractivity contribution in [2.24, 2.45) is 0 Å². The normalized spacial score (nSPS) is 12.4. The minimum absolute atomic E-state index is 0.213. The average Bonchev–Trinajstić information content (AvgIpc) is 2.44. The molecule has 21 heavy (non-hydrogen) atoms. The van der Waals surface area contributed by atoms with Gasteiger partial charge < -0.3 is 5.32 Å². The van der Waals surface area contributed by atoms with Gasteiger partial charge in [0, 0.05) is 5.56 Å². The first-order chi connectivity index (χ1) is 10.0. The van der Waals surface area contributed by atoms with E-state index < -0.39 is 0 Å². The van der Waals surface area contributed by atoms with E-state index in [1.54, 1.807) is 18.2 Å².